The lowest BCUT2D eigenvalue weighted by atomic mass is 10.1. The van der Waals surface area contributed by atoms with E-state index in [2.05, 4.69) is 4.98 Å². The topological polar surface area (TPSA) is 65.5 Å². The van der Waals surface area contributed by atoms with Crippen LogP contribution in [0.25, 0.3) is 10.6 Å². The van der Waals surface area contributed by atoms with Gasteiger partial charge in [0.15, 0.2) is 12.4 Å². The zero-order chi connectivity index (χ0) is 18.5. The van der Waals surface area contributed by atoms with Crippen LogP contribution in [0.2, 0.25) is 0 Å². The van der Waals surface area contributed by atoms with Gasteiger partial charge in [-0.1, -0.05) is 42.5 Å². The minimum atomic E-state index is -0.543. The van der Waals surface area contributed by atoms with Crippen LogP contribution in [0, 0.1) is 6.92 Å². The Morgan fingerprint density at radius 1 is 1.08 bits per heavy atom. The zero-order valence-electron chi connectivity index (χ0n) is 14.4. The maximum Gasteiger partial charge on any atom is 0.350 e. The maximum atomic E-state index is 12.3. The van der Waals surface area contributed by atoms with Crippen molar-refractivity contribution >= 4 is 23.1 Å². The number of carbonyl (C=O) groups is 2. The molecular weight excluding hydrogens is 350 g/mol. The summed E-state index contributed by atoms with van der Waals surface area (Å²) in [5, 5.41) is 0.745. The van der Waals surface area contributed by atoms with Gasteiger partial charge in [0.25, 0.3) is 0 Å². The molecule has 0 N–H and O–H groups in total. The zero-order valence-corrected chi connectivity index (χ0v) is 15.2. The molecule has 0 amide bonds. The van der Waals surface area contributed by atoms with Gasteiger partial charge in [0, 0.05) is 11.1 Å². The van der Waals surface area contributed by atoms with Gasteiger partial charge in [-0.15, -0.1) is 11.3 Å². The molecule has 132 valence electrons. The predicted octanol–water partition coefficient (Wildman–Crippen LogP) is 4.17. The molecule has 0 unspecified atom stereocenters. The van der Waals surface area contributed by atoms with Crippen LogP contribution < -0.4 is 4.74 Å². The molecule has 26 heavy (non-hydrogen) atoms. The van der Waals surface area contributed by atoms with Crippen molar-refractivity contribution in [1.82, 2.24) is 4.98 Å². The molecule has 0 bridgehead atoms. The van der Waals surface area contributed by atoms with Gasteiger partial charge >= 0.3 is 5.97 Å². The summed E-state index contributed by atoms with van der Waals surface area (Å²) in [6.07, 6.45) is 0. The highest BCUT2D eigenvalue weighted by molar-refractivity contribution is 7.17. The number of ketones is 1. The molecule has 0 fully saturated rings. The number of rotatable bonds is 6. The molecule has 6 heteroatoms. The Hall–Kier alpha value is -2.99. The Labute approximate surface area is 155 Å². The molecule has 1 aromatic heterocycles. The van der Waals surface area contributed by atoms with E-state index in [0.29, 0.717) is 21.9 Å². The van der Waals surface area contributed by atoms with Crippen LogP contribution in [0.3, 0.4) is 0 Å². The average Bonchev–Trinajstić information content (AvgIpc) is 3.08. The summed E-state index contributed by atoms with van der Waals surface area (Å²) in [5.74, 6) is -0.255. The number of esters is 1. The van der Waals surface area contributed by atoms with Gasteiger partial charge in [-0.05, 0) is 19.1 Å². The summed E-state index contributed by atoms with van der Waals surface area (Å²) in [4.78, 5) is 29.4. The highest BCUT2D eigenvalue weighted by Gasteiger charge is 2.19. The van der Waals surface area contributed by atoms with Crippen molar-refractivity contribution in [3.63, 3.8) is 0 Å². The number of Topliss-reactive ketones (excluding diaryl/α,β-unsaturated/α-hetero) is 1. The third-order valence-electron chi connectivity index (χ3n) is 3.73. The number of benzene rings is 2. The van der Waals surface area contributed by atoms with Crippen LogP contribution in [0.1, 0.15) is 25.7 Å². The molecule has 0 saturated heterocycles. The SMILES string of the molecule is COc1cccc(C(=O)COC(=O)c2sc(-c3ccccc3)nc2C)c1. The first-order valence-electron chi connectivity index (χ1n) is 7.95. The van der Waals surface area contributed by atoms with Crippen molar-refractivity contribution in [2.75, 3.05) is 13.7 Å². The van der Waals surface area contributed by atoms with E-state index in [4.69, 9.17) is 9.47 Å². The lowest BCUT2D eigenvalue weighted by Gasteiger charge is -2.05. The first-order valence-corrected chi connectivity index (χ1v) is 8.77. The molecule has 0 aliphatic carbocycles. The Balaban J connectivity index is 1.68. The quantitative estimate of drug-likeness (QED) is 0.483. The lowest BCUT2D eigenvalue weighted by molar-refractivity contribution is 0.0478. The molecule has 2 aromatic carbocycles. The minimum absolute atomic E-state index is 0.289. The van der Waals surface area contributed by atoms with Gasteiger partial charge in [0.05, 0.1) is 12.8 Å². The van der Waals surface area contributed by atoms with E-state index >= 15 is 0 Å². The van der Waals surface area contributed by atoms with Crippen molar-refractivity contribution in [2.45, 2.75) is 6.92 Å². The summed E-state index contributed by atoms with van der Waals surface area (Å²) in [6.45, 7) is 1.42. The molecule has 3 aromatic rings. The van der Waals surface area contributed by atoms with Gasteiger partial charge in [-0.25, -0.2) is 9.78 Å². The summed E-state index contributed by atoms with van der Waals surface area (Å²) in [6, 6.07) is 16.3. The predicted molar refractivity (Wildman–Crippen MR) is 99.9 cm³/mol. The lowest BCUT2D eigenvalue weighted by Crippen LogP contribution is -2.14. The highest BCUT2D eigenvalue weighted by atomic mass is 32.1. The Bertz CT molecular complexity index is 934. The summed E-state index contributed by atoms with van der Waals surface area (Å²) >= 11 is 1.26. The third-order valence-corrected chi connectivity index (χ3v) is 4.92. The van der Waals surface area contributed by atoms with Crippen LogP contribution in [0.4, 0.5) is 0 Å². The van der Waals surface area contributed by atoms with Crippen LogP contribution >= 0.6 is 11.3 Å². The monoisotopic (exact) mass is 367 g/mol. The highest BCUT2D eigenvalue weighted by Crippen LogP contribution is 2.28. The molecule has 5 nitrogen and oxygen atoms in total. The fraction of sp³-hybridized carbons (Fsp3) is 0.150. The summed E-state index contributed by atoms with van der Waals surface area (Å²) < 4.78 is 10.3. The number of thiazole rings is 1. The third kappa shape index (κ3) is 3.97. The molecule has 1 heterocycles. The van der Waals surface area contributed by atoms with Crippen LogP contribution in [0.15, 0.2) is 54.6 Å². The molecule has 0 aliphatic rings. The first-order chi connectivity index (χ1) is 12.6. The smallest absolute Gasteiger partial charge is 0.350 e. The van der Waals surface area contributed by atoms with E-state index in [9.17, 15) is 9.59 Å². The fourth-order valence-electron chi connectivity index (χ4n) is 2.37. The van der Waals surface area contributed by atoms with Gasteiger partial charge in [-0.3, -0.25) is 4.79 Å². The molecule has 0 atom stereocenters. The number of nitrogens with zero attached hydrogens (tertiary/aromatic N) is 1. The maximum absolute atomic E-state index is 12.3. The largest absolute Gasteiger partial charge is 0.497 e. The number of hydrogen-bond acceptors (Lipinski definition) is 6. The number of carbonyl (C=O) groups excluding carboxylic acids is 2. The number of methoxy groups -OCH3 is 1. The standard InChI is InChI=1S/C20H17NO4S/c1-13-18(26-19(21-13)14-7-4-3-5-8-14)20(23)25-12-17(22)15-9-6-10-16(11-15)24-2/h3-11H,12H2,1-2H3. The second-order valence-corrected chi connectivity index (χ2v) is 6.53. The van der Waals surface area contributed by atoms with Crippen LogP contribution in [-0.4, -0.2) is 30.5 Å². The minimum Gasteiger partial charge on any atom is -0.497 e. The van der Waals surface area contributed by atoms with Crippen molar-refractivity contribution in [3.05, 3.63) is 70.7 Å². The van der Waals surface area contributed by atoms with Gasteiger partial charge in [0.2, 0.25) is 0 Å². The average molecular weight is 367 g/mol. The molecule has 0 spiro atoms. The number of aryl methyl sites for hydroxylation is 1. The molecular formula is C20H17NO4S. The van der Waals surface area contributed by atoms with Gasteiger partial charge in [0.1, 0.15) is 15.6 Å². The number of hydrogen-bond donors (Lipinski definition) is 0. The van der Waals surface area contributed by atoms with E-state index in [1.165, 1.54) is 18.4 Å². The van der Waals surface area contributed by atoms with E-state index in [1.54, 1.807) is 31.2 Å². The van der Waals surface area contributed by atoms with Crippen molar-refractivity contribution in [3.8, 4) is 16.3 Å². The van der Waals surface area contributed by atoms with Crippen LogP contribution in [-0.2, 0) is 4.74 Å². The van der Waals surface area contributed by atoms with E-state index in [0.717, 1.165) is 10.6 Å². The molecule has 0 saturated carbocycles. The number of aromatic nitrogens is 1. The summed E-state index contributed by atoms with van der Waals surface area (Å²) in [5.41, 5.74) is 1.96. The van der Waals surface area contributed by atoms with Crippen molar-refractivity contribution < 1.29 is 19.1 Å². The van der Waals surface area contributed by atoms with E-state index < -0.39 is 5.97 Å². The van der Waals surface area contributed by atoms with E-state index in [-0.39, 0.29) is 12.4 Å². The van der Waals surface area contributed by atoms with E-state index in [1.807, 2.05) is 30.3 Å². The van der Waals surface area contributed by atoms with Crippen molar-refractivity contribution in [1.29, 1.82) is 0 Å². The number of ether oxygens (including phenoxy) is 2. The Morgan fingerprint density at radius 2 is 1.85 bits per heavy atom. The Kier molecular flexibility index (Phi) is 5.43. The second-order valence-electron chi connectivity index (χ2n) is 5.53. The van der Waals surface area contributed by atoms with Gasteiger partial charge < -0.3 is 9.47 Å². The second kappa shape index (κ2) is 7.93. The normalized spacial score (nSPS) is 10.4. The first kappa shape index (κ1) is 17.8. The van der Waals surface area contributed by atoms with Crippen LogP contribution in [0.5, 0.6) is 5.75 Å². The fourth-order valence-corrected chi connectivity index (χ4v) is 3.33. The summed E-state index contributed by atoms with van der Waals surface area (Å²) in [7, 11) is 1.53. The molecule has 0 radical (unpaired) electrons. The molecule has 3 rings (SSSR count). The molecule has 0 aliphatic heterocycles. The van der Waals surface area contributed by atoms with Gasteiger partial charge in [-0.2, -0.15) is 0 Å². The van der Waals surface area contributed by atoms with Crippen molar-refractivity contribution in [2.24, 2.45) is 0 Å². The Morgan fingerprint density at radius 3 is 2.58 bits per heavy atom.